The number of ether oxygens (including phenoxy) is 4. The average Bonchev–Trinajstić information content (AvgIpc) is 2.87. The second kappa shape index (κ2) is 10.7. The second-order valence-electron chi connectivity index (χ2n) is 8.58. The Hall–Kier alpha value is -3.71. The van der Waals surface area contributed by atoms with Crippen LogP contribution in [0.2, 0.25) is 0 Å². The number of carbonyl (C=O) groups is 1. The quantitative estimate of drug-likeness (QED) is 0.371. The Morgan fingerprint density at radius 2 is 1.77 bits per heavy atom. The van der Waals surface area contributed by atoms with Crippen LogP contribution in [0.1, 0.15) is 44.2 Å². The summed E-state index contributed by atoms with van der Waals surface area (Å²) in [6, 6.07) is 15.6. The van der Waals surface area contributed by atoms with Gasteiger partial charge in [0.15, 0.2) is 11.5 Å². The van der Waals surface area contributed by atoms with Gasteiger partial charge in [-0.1, -0.05) is 12.1 Å². The van der Waals surface area contributed by atoms with Crippen molar-refractivity contribution in [2.24, 2.45) is 0 Å². The predicted octanol–water partition coefficient (Wildman–Crippen LogP) is 4.24. The predicted molar refractivity (Wildman–Crippen MR) is 136 cm³/mol. The molecule has 1 unspecified atom stereocenters. The Morgan fingerprint density at radius 1 is 0.971 bits per heavy atom. The highest BCUT2D eigenvalue weighted by Gasteiger charge is 2.25. The van der Waals surface area contributed by atoms with Crippen LogP contribution in [-0.2, 0) is 17.6 Å². The van der Waals surface area contributed by atoms with Gasteiger partial charge in [-0.2, -0.15) is 0 Å². The number of hydrogen-bond donors (Lipinski definition) is 2. The largest absolute Gasteiger partial charge is 0.495 e. The monoisotopic (exact) mass is 476 g/mol. The average molecular weight is 477 g/mol. The summed E-state index contributed by atoms with van der Waals surface area (Å²) in [5, 5.41) is 3.62. The SMILES string of the molecule is COC(=O)c1ccc(C2NCCc3cc(OC)c(OCCc4ccc(OC)c(N)c4)cc32)c(C)c1. The summed E-state index contributed by atoms with van der Waals surface area (Å²) in [6.07, 6.45) is 1.59. The first-order valence-corrected chi connectivity index (χ1v) is 11.6. The fourth-order valence-electron chi connectivity index (χ4n) is 4.58. The molecule has 7 nitrogen and oxygen atoms in total. The molecule has 3 aromatic carbocycles. The molecule has 0 radical (unpaired) electrons. The first-order chi connectivity index (χ1) is 16.9. The van der Waals surface area contributed by atoms with Crippen LogP contribution in [0.4, 0.5) is 5.69 Å². The van der Waals surface area contributed by atoms with Gasteiger partial charge in [-0.15, -0.1) is 0 Å². The molecule has 4 rings (SSSR count). The maximum atomic E-state index is 11.9. The Labute approximate surface area is 206 Å². The van der Waals surface area contributed by atoms with Gasteiger partial charge in [-0.25, -0.2) is 4.79 Å². The minimum Gasteiger partial charge on any atom is -0.495 e. The van der Waals surface area contributed by atoms with Crippen LogP contribution < -0.4 is 25.3 Å². The van der Waals surface area contributed by atoms with E-state index in [1.54, 1.807) is 14.2 Å². The number of nitrogens with one attached hydrogen (secondary N) is 1. The minimum atomic E-state index is -0.337. The van der Waals surface area contributed by atoms with E-state index < -0.39 is 0 Å². The van der Waals surface area contributed by atoms with E-state index in [0.717, 1.165) is 41.0 Å². The van der Waals surface area contributed by atoms with Crippen LogP contribution in [0.25, 0.3) is 0 Å². The van der Waals surface area contributed by atoms with Crippen LogP contribution in [-0.4, -0.2) is 40.5 Å². The van der Waals surface area contributed by atoms with Gasteiger partial charge < -0.3 is 30.0 Å². The lowest BCUT2D eigenvalue weighted by molar-refractivity contribution is 0.0600. The van der Waals surface area contributed by atoms with E-state index in [4.69, 9.17) is 24.7 Å². The molecular formula is C28H32N2O5. The normalized spacial score (nSPS) is 14.7. The molecule has 3 aromatic rings. The molecule has 7 heteroatoms. The van der Waals surface area contributed by atoms with Crippen LogP contribution in [0.15, 0.2) is 48.5 Å². The van der Waals surface area contributed by atoms with Crippen molar-refractivity contribution in [3.05, 3.63) is 81.9 Å². The highest BCUT2D eigenvalue weighted by atomic mass is 16.5. The lowest BCUT2D eigenvalue weighted by atomic mass is 9.87. The number of fused-ring (bicyclic) bond motifs is 1. The zero-order chi connectivity index (χ0) is 24.9. The molecule has 0 amide bonds. The number of methoxy groups -OCH3 is 3. The van der Waals surface area contributed by atoms with Crippen molar-refractivity contribution in [1.82, 2.24) is 5.32 Å². The van der Waals surface area contributed by atoms with E-state index in [-0.39, 0.29) is 12.0 Å². The molecule has 1 atom stereocenters. The molecule has 184 valence electrons. The number of carbonyl (C=O) groups excluding carboxylic acids is 1. The fraction of sp³-hybridized carbons (Fsp3) is 0.321. The van der Waals surface area contributed by atoms with Crippen molar-refractivity contribution < 1.29 is 23.7 Å². The third-order valence-corrected chi connectivity index (χ3v) is 6.42. The van der Waals surface area contributed by atoms with Crippen molar-refractivity contribution in [1.29, 1.82) is 0 Å². The number of rotatable bonds is 8. The number of nitrogen functional groups attached to an aromatic ring is 1. The maximum Gasteiger partial charge on any atom is 0.337 e. The van der Waals surface area contributed by atoms with Crippen molar-refractivity contribution in [3.8, 4) is 17.2 Å². The summed E-state index contributed by atoms with van der Waals surface area (Å²) in [5.41, 5.74) is 12.8. The van der Waals surface area contributed by atoms with Crippen molar-refractivity contribution in [2.75, 3.05) is 40.2 Å². The van der Waals surface area contributed by atoms with Crippen molar-refractivity contribution >= 4 is 11.7 Å². The number of aryl methyl sites for hydroxylation is 1. The smallest absolute Gasteiger partial charge is 0.337 e. The Bertz CT molecular complexity index is 1220. The topological polar surface area (TPSA) is 92.0 Å². The molecule has 0 aromatic heterocycles. The summed E-state index contributed by atoms with van der Waals surface area (Å²) < 4.78 is 21.9. The number of anilines is 1. The van der Waals surface area contributed by atoms with E-state index in [0.29, 0.717) is 35.8 Å². The Kier molecular flexibility index (Phi) is 7.46. The van der Waals surface area contributed by atoms with Gasteiger partial charge in [0.05, 0.1) is 45.2 Å². The van der Waals surface area contributed by atoms with Crippen LogP contribution >= 0.6 is 0 Å². The highest BCUT2D eigenvalue weighted by molar-refractivity contribution is 5.89. The van der Waals surface area contributed by atoms with Gasteiger partial charge in [-0.05, 0) is 77.6 Å². The first kappa shape index (κ1) is 24.4. The molecule has 1 heterocycles. The zero-order valence-electron chi connectivity index (χ0n) is 20.6. The van der Waals surface area contributed by atoms with E-state index >= 15 is 0 Å². The maximum absolute atomic E-state index is 11.9. The van der Waals surface area contributed by atoms with Crippen molar-refractivity contribution in [3.63, 3.8) is 0 Å². The number of esters is 1. The van der Waals surface area contributed by atoms with Crippen LogP contribution in [0.3, 0.4) is 0 Å². The third-order valence-electron chi connectivity index (χ3n) is 6.42. The van der Waals surface area contributed by atoms with Crippen LogP contribution in [0.5, 0.6) is 17.2 Å². The van der Waals surface area contributed by atoms with E-state index in [9.17, 15) is 4.79 Å². The molecule has 0 fully saturated rings. The molecular weight excluding hydrogens is 444 g/mol. The Balaban J connectivity index is 1.58. The summed E-state index contributed by atoms with van der Waals surface area (Å²) in [4.78, 5) is 11.9. The van der Waals surface area contributed by atoms with E-state index in [1.807, 2.05) is 43.3 Å². The molecule has 3 N–H and O–H groups in total. The number of hydrogen-bond acceptors (Lipinski definition) is 7. The lowest BCUT2D eigenvalue weighted by Gasteiger charge is -2.30. The zero-order valence-corrected chi connectivity index (χ0v) is 20.6. The molecule has 35 heavy (non-hydrogen) atoms. The third kappa shape index (κ3) is 5.20. The van der Waals surface area contributed by atoms with Crippen molar-refractivity contribution in [2.45, 2.75) is 25.8 Å². The second-order valence-corrected chi connectivity index (χ2v) is 8.58. The lowest BCUT2D eigenvalue weighted by Crippen LogP contribution is -2.31. The Morgan fingerprint density at radius 3 is 2.46 bits per heavy atom. The minimum absolute atomic E-state index is 0.0138. The molecule has 1 aliphatic heterocycles. The summed E-state index contributed by atoms with van der Waals surface area (Å²) >= 11 is 0. The molecule has 0 aliphatic carbocycles. The first-order valence-electron chi connectivity index (χ1n) is 11.6. The molecule has 0 bridgehead atoms. The number of nitrogens with two attached hydrogens (primary N) is 1. The highest BCUT2D eigenvalue weighted by Crippen LogP contribution is 2.38. The van der Waals surface area contributed by atoms with Gasteiger partial charge in [0.1, 0.15) is 5.75 Å². The summed E-state index contributed by atoms with van der Waals surface area (Å²) in [7, 11) is 4.66. The van der Waals surface area contributed by atoms with E-state index in [2.05, 4.69) is 17.4 Å². The van der Waals surface area contributed by atoms with Gasteiger partial charge in [0.25, 0.3) is 0 Å². The summed E-state index contributed by atoms with van der Waals surface area (Å²) in [5.74, 6) is 1.75. The van der Waals surface area contributed by atoms with Gasteiger partial charge in [0, 0.05) is 13.0 Å². The molecule has 0 spiro atoms. The van der Waals surface area contributed by atoms with Gasteiger partial charge >= 0.3 is 5.97 Å². The van der Waals surface area contributed by atoms with Crippen LogP contribution in [0, 0.1) is 6.92 Å². The molecule has 0 saturated heterocycles. The number of benzene rings is 3. The molecule has 0 saturated carbocycles. The fourth-order valence-corrected chi connectivity index (χ4v) is 4.58. The van der Waals surface area contributed by atoms with Gasteiger partial charge in [-0.3, -0.25) is 0 Å². The standard InChI is InChI=1S/C28H32N2O5/c1-17-13-20(28(31)34-4)6-7-21(17)27-22-16-26(25(33-3)15-19(22)9-11-30-27)35-12-10-18-5-8-24(32-2)23(29)14-18/h5-8,13-16,27,30H,9-12,29H2,1-4H3. The van der Waals surface area contributed by atoms with E-state index in [1.165, 1.54) is 12.7 Å². The van der Waals surface area contributed by atoms with Gasteiger partial charge in [0.2, 0.25) is 0 Å². The molecule has 1 aliphatic rings. The summed E-state index contributed by atoms with van der Waals surface area (Å²) in [6.45, 7) is 3.34.